The number of anilines is 1. The molecule has 0 bridgehead atoms. The maximum atomic E-state index is 13.5. The van der Waals surface area contributed by atoms with Crippen LogP contribution in [0.15, 0.2) is 53.1 Å². The topological polar surface area (TPSA) is 80.0 Å². The molecule has 0 aliphatic carbocycles. The Morgan fingerprint density at radius 2 is 1.92 bits per heavy atom. The Hall–Kier alpha value is -3.29. The normalized spacial score (nSPS) is 10.4. The Bertz CT molecular complexity index is 852. The second-order valence-corrected chi connectivity index (χ2v) is 4.83. The number of rotatable bonds is 4. The van der Waals surface area contributed by atoms with Crippen LogP contribution in [0.3, 0.4) is 0 Å². The third kappa shape index (κ3) is 3.72. The maximum Gasteiger partial charge on any atom is 0.329 e. The standard InChI is InChI=1S/C16H12F2N4O2/c17-12-6-7-13(18)11(8-12)9-19-15(23)21-16-20-14(22-24-16)10-4-2-1-3-5-10/h1-8H,9H2,(H2,19,20,21,22,23). The lowest BCUT2D eigenvalue weighted by molar-refractivity contribution is 0.250. The van der Waals surface area contributed by atoms with Crippen molar-refractivity contribution in [3.8, 4) is 11.4 Å². The predicted octanol–water partition coefficient (Wildman–Crippen LogP) is 3.34. The molecule has 0 aliphatic rings. The fourth-order valence-electron chi connectivity index (χ4n) is 1.97. The fraction of sp³-hybridized carbons (Fsp3) is 0.0625. The van der Waals surface area contributed by atoms with Gasteiger partial charge in [-0.2, -0.15) is 4.98 Å². The van der Waals surface area contributed by atoms with Gasteiger partial charge in [-0.25, -0.2) is 13.6 Å². The molecule has 24 heavy (non-hydrogen) atoms. The number of nitrogens with zero attached hydrogens (tertiary/aromatic N) is 2. The van der Waals surface area contributed by atoms with Crippen molar-refractivity contribution in [3.05, 3.63) is 65.7 Å². The summed E-state index contributed by atoms with van der Waals surface area (Å²) in [5.41, 5.74) is 0.761. The molecule has 1 aromatic heterocycles. The SMILES string of the molecule is O=C(NCc1cc(F)ccc1F)Nc1nc(-c2ccccc2)no1. The zero-order valence-electron chi connectivity index (χ0n) is 12.3. The van der Waals surface area contributed by atoms with Crippen LogP contribution in [0.4, 0.5) is 19.6 Å². The molecule has 0 fully saturated rings. The first kappa shape index (κ1) is 15.6. The van der Waals surface area contributed by atoms with Gasteiger partial charge in [-0.05, 0) is 18.2 Å². The molecule has 0 spiro atoms. The molecule has 2 aromatic carbocycles. The van der Waals surface area contributed by atoms with Crippen molar-refractivity contribution in [2.24, 2.45) is 0 Å². The molecule has 2 amide bonds. The van der Waals surface area contributed by atoms with Gasteiger partial charge in [0.1, 0.15) is 11.6 Å². The Morgan fingerprint density at radius 1 is 1.12 bits per heavy atom. The van der Waals surface area contributed by atoms with Crippen LogP contribution in [-0.2, 0) is 6.54 Å². The van der Waals surface area contributed by atoms with Gasteiger partial charge in [0, 0.05) is 17.7 Å². The number of benzene rings is 2. The monoisotopic (exact) mass is 330 g/mol. The molecule has 0 saturated carbocycles. The zero-order valence-corrected chi connectivity index (χ0v) is 12.3. The van der Waals surface area contributed by atoms with E-state index in [4.69, 9.17) is 4.52 Å². The van der Waals surface area contributed by atoms with Crippen molar-refractivity contribution in [2.75, 3.05) is 5.32 Å². The Labute approximate surface area is 135 Å². The molecule has 0 aliphatic heterocycles. The van der Waals surface area contributed by atoms with E-state index in [-0.39, 0.29) is 18.1 Å². The van der Waals surface area contributed by atoms with Gasteiger partial charge in [0.05, 0.1) is 0 Å². The van der Waals surface area contributed by atoms with E-state index in [9.17, 15) is 13.6 Å². The largest absolute Gasteiger partial charge is 0.334 e. The van der Waals surface area contributed by atoms with Gasteiger partial charge in [-0.3, -0.25) is 5.32 Å². The molecule has 0 unspecified atom stereocenters. The molecule has 6 nitrogen and oxygen atoms in total. The lowest BCUT2D eigenvalue weighted by Gasteiger charge is -2.05. The summed E-state index contributed by atoms with van der Waals surface area (Å²) in [5.74, 6) is -0.874. The van der Waals surface area contributed by atoms with Gasteiger partial charge in [0.2, 0.25) is 5.82 Å². The molecule has 2 N–H and O–H groups in total. The van der Waals surface area contributed by atoms with Gasteiger partial charge in [0.15, 0.2) is 0 Å². The minimum atomic E-state index is -0.679. The van der Waals surface area contributed by atoms with Crippen LogP contribution >= 0.6 is 0 Å². The minimum Gasteiger partial charge on any atom is -0.334 e. The second-order valence-electron chi connectivity index (χ2n) is 4.83. The lowest BCUT2D eigenvalue weighted by Crippen LogP contribution is -2.28. The van der Waals surface area contributed by atoms with Crippen molar-refractivity contribution in [2.45, 2.75) is 6.54 Å². The van der Waals surface area contributed by atoms with Crippen LogP contribution in [-0.4, -0.2) is 16.2 Å². The molecule has 0 radical (unpaired) electrons. The highest BCUT2D eigenvalue weighted by Crippen LogP contribution is 2.16. The van der Waals surface area contributed by atoms with E-state index in [1.54, 1.807) is 12.1 Å². The molecule has 3 rings (SSSR count). The Balaban J connectivity index is 1.59. The molecular formula is C16H12F2N4O2. The van der Waals surface area contributed by atoms with Crippen LogP contribution < -0.4 is 10.6 Å². The maximum absolute atomic E-state index is 13.5. The number of hydrogen-bond acceptors (Lipinski definition) is 4. The third-order valence-corrected chi connectivity index (χ3v) is 3.13. The summed E-state index contributed by atoms with van der Waals surface area (Å²) in [6, 6.07) is 11.3. The second kappa shape index (κ2) is 6.86. The van der Waals surface area contributed by atoms with Crippen LogP contribution in [0.25, 0.3) is 11.4 Å². The molecule has 3 aromatic rings. The first-order valence-electron chi connectivity index (χ1n) is 7.00. The smallest absolute Gasteiger partial charge is 0.329 e. The third-order valence-electron chi connectivity index (χ3n) is 3.13. The van der Waals surface area contributed by atoms with Crippen LogP contribution in [0.2, 0.25) is 0 Å². The summed E-state index contributed by atoms with van der Waals surface area (Å²) in [5, 5.41) is 8.46. The highest BCUT2D eigenvalue weighted by atomic mass is 19.1. The van der Waals surface area contributed by atoms with Gasteiger partial charge >= 0.3 is 12.0 Å². The van der Waals surface area contributed by atoms with Gasteiger partial charge in [-0.1, -0.05) is 35.5 Å². The Kier molecular flexibility index (Phi) is 4.46. The summed E-state index contributed by atoms with van der Waals surface area (Å²) in [4.78, 5) is 15.8. The van der Waals surface area contributed by atoms with Crippen LogP contribution in [0.1, 0.15) is 5.56 Å². The number of nitrogens with one attached hydrogen (secondary N) is 2. The predicted molar refractivity (Wildman–Crippen MR) is 82.0 cm³/mol. The molecular weight excluding hydrogens is 318 g/mol. The summed E-state index contributed by atoms with van der Waals surface area (Å²) in [7, 11) is 0. The van der Waals surface area contributed by atoms with Crippen LogP contribution in [0.5, 0.6) is 0 Å². The van der Waals surface area contributed by atoms with E-state index >= 15 is 0 Å². The van der Waals surface area contributed by atoms with E-state index in [1.165, 1.54) is 0 Å². The summed E-state index contributed by atoms with van der Waals surface area (Å²) < 4.78 is 31.4. The van der Waals surface area contributed by atoms with E-state index < -0.39 is 17.7 Å². The van der Waals surface area contributed by atoms with Gasteiger partial charge < -0.3 is 9.84 Å². The lowest BCUT2D eigenvalue weighted by atomic mass is 10.2. The van der Waals surface area contributed by atoms with Crippen molar-refractivity contribution >= 4 is 12.0 Å². The summed E-state index contributed by atoms with van der Waals surface area (Å²) in [6.45, 7) is -0.185. The van der Waals surface area contributed by atoms with E-state index in [0.717, 1.165) is 23.8 Å². The zero-order chi connectivity index (χ0) is 16.9. The fourth-order valence-corrected chi connectivity index (χ4v) is 1.97. The number of carbonyl (C=O) groups is 1. The number of aromatic nitrogens is 2. The molecule has 1 heterocycles. The number of halogens is 2. The number of amides is 2. The molecule has 0 atom stereocenters. The average molecular weight is 330 g/mol. The van der Waals surface area contributed by atoms with E-state index in [2.05, 4.69) is 20.8 Å². The van der Waals surface area contributed by atoms with Crippen molar-refractivity contribution in [3.63, 3.8) is 0 Å². The quantitative estimate of drug-likeness (QED) is 0.769. The summed E-state index contributed by atoms with van der Waals surface area (Å²) in [6.07, 6.45) is 0. The number of hydrogen-bond donors (Lipinski definition) is 2. The van der Waals surface area contributed by atoms with Crippen molar-refractivity contribution < 1.29 is 18.1 Å². The summed E-state index contributed by atoms with van der Waals surface area (Å²) >= 11 is 0. The van der Waals surface area contributed by atoms with Gasteiger partial charge in [0.25, 0.3) is 0 Å². The average Bonchev–Trinajstić information content (AvgIpc) is 3.05. The molecule has 8 heteroatoms. The first-order valence-corrected chi connectivity index (χ1v) is 7.00. The van der Waals surface area contributed by atoms with E-state index in [0.29, 0.717) is 5.82 Å². The van der Waals surface area contributed by atoms with Gasteiger partial charge in [-0.15, -0.1) is 0 Å². The molecule has 0 saturated heterocycles. The first-order chi connectivity index (χ1) is 11.6. The highest BCUT2D eigenvalue weighted by Gasteiger charge is 2.12. The van der Waals surface area contributed by atoms with Crippen LogP contribution in [0, 0.1) is 11.6 Å². The highest BCUT2D eigenvalue weighted by molar-refractivity contribution is 5.87. The van der Waals surface area contributed by atoms with Crippen molar-refractivity contribution in [1.29, 1.82) is 0 Å². The van der Waals surface area contributed by atoms with E-state index in [1.807, 2.05) is 18.2 Å². The number of carbonyl (C=O) groups excluding carboxylic acids is 1. The Morgan fingerprint density at radius 3 is 2.71 bits per heavy atom. The molecule has 122 valence electrons. The minimum absolute atomic E-state index is 0.0284. The van der Waals surface area contributed by atoms with Crippen molar-refractivity contribution in [1.82, 2.24) is 15.5 Å². The number of urea groups is 1.